The Kier molecular flexibility index (Phi) is 4.01. The van der Waals surface area contributed by atoms with Crippen molar-refractivity contribution in [2.45, 2.75) is 25.8 Å². The maximum atomic E-state index is 12.4. The summed E-state index contributed by atoms with van der Waals surface area (Å²) >= 11 is 0. The third-order valence-corrected chi connectivity index (χ3v) is 5.19. The summed E-state index contributed by atoms with van der Waals surface area (Å²) < 4.78 is 3.55. The van der Waals surface area contributed by atoms with Crippen LogP contribution in [0.5, 0.6) is 0 Å². The molecule has 0 aliphatic heterocycles. The third kappa shape index (κ3) is 3.20. The summed E-state index contributed by atoms with van der Waals surface area (Å²) in [5.74, 6) is 0.694. The second-order valence-corrected chi connectivity index (χ2v) is 7.38. The zero-order valence-corrected chi connectivity index (χ0v) is 15.9. The lowest BCUT2D eigenvalue weighted by Crippen LogP contribution is -2.25. The lowest BCUT2D eigenvalue weighted by molar-refractivity contribution is 0.0950. The van der Waals surface area contributed by atoms with Gasteiger partial charge in [-0.05, 0) is 55.2 Å². The molecule has 5 rings (SSSR count). The van der Waals surface area contributed by atoms with Gasteiger partial charge in [0, 0.05) is 35.1 Å². The van der Waals surface area contributed by atoms with E-state index >= 15 is 0 Å². The minimum Gasteiger partial charge on any atom is -0.349 e. The van der Waals surface area contributed by atoms with Gasteiger partial charge in [0.2, 0.25) is 0 Å². The van der Waals surface area contributed by atoms with Crippen LogP contribution in [0.2, 0.25) is 0 Å². The van der Waals surface area contributed by atoms with Crippen LogP contribution < -0.4 is 5.32 Å². The van der Waals surface area contributed by atoms with E-state index in [1.54, 1.807) is 35.4 Å². The molecule has 29 heavy (non-hydrogen) atoms. The molecule has 0 saturated heterocycles. The number of carbonyl (C=O) groups is 2. The fraction of sp³-hybridized carbons (Fsp3) is 0.182. The zero-order valence-electron chi connectivity index (χ0n) is 15.9. The smallest absolute Gasteiger partial charge is 0.251 e. The molecule has 0 radical (unpaired) electrons. The molecule has 1 fully saturated rings. The molecule has 0 bridgehead atoms. The highest BCUT2D eigenvalue weighted by molar-refractivity contribution is 5.96. The Hall–Kier alpha value is -3.74. The van der Waals surface area contributed by atoms with Gasteiger partial charge >= 0.3 is 0 Å². The minimum atomic E-state index is -0.0377. The van der Waals surface area contributed by atoms with Crippen molar-refractivity contribution < 1.29 is 9.59 Å². The predicted molar refractivity (Wildman–Crippen MR) is 108 cm³/mol. The molecule has 144 valence electrons. The Bertz CT molecular complexity index is 1250. The molecule has 1 saturated carbocycles. The number of benzene rings is 1. The van der Waals surface area contributed by atoms with Crippen LogP contribution in [0.25, 0.3) is 22.6 Å². The Morgan fingerprint density at radius 2 is 2.03 bits per heavy atom. The van der Waals surface area contributed by atoms with Crippen molar-refractivity contribution in [1.82, 2.24) is 24.5 Å². The van der Waals surface area contributed by atoms with E-state index in [1.165, 1.54) is 0 Å². The monoisotopic (exact) mass is 385 g/mol. The van der Waals surface area contributed by atoms with Gasteiger partial charge < -0.3 is 5.32 Å². The lowest BCUT2D eigenvalue weighted by atomic mass is 10.0. The Balaban J connectivity index is 1.52. The molecule has 4 aromatic rings. The third-order valence-electron chi connectivity index (χ3n) is 5.19. The highest BCUT2D eigenvalue weighted by Gasteiger charge is 2.24. The van der Waals surface area contributed by atoms with Crippen molar-refractivity contribution in [2.75, 3.05) is 0 Å². The number of imidazole rings is 1. The summed E-state index contributed by atoms with van der Waals surface area (Å²) in [6.07, 6.45) is 10.0. The number of hydrogen-bond acceptors (Lipinski definition) is 4. The minimum absolute atomic E-state index is 0.0377. The van der Waals surface area contributed by atoms with Crippen LogP contribution in [0, 0.1) is 6.92 Å². The number of nitrogens with zero attached hydrogens (tertiary/aromatic N) is 4. The van der Waals surface area contributed by atoms with Crippen molar-refractivity contribution in [1.29, 1.82) is 0 Å². The molecule has 0 unspecified atom stereocenters. The number of nitrogens with one attached hydrogen (secondary N) is 1. The Labute approximate surface area is 167 Å². The van der Waals surface area contributed by atoms with E-state index in [9.17, 15) is 9.59 Å². The van der Waals surface area contributed by atoms with E-state index < -0.39 is 0 Å². The molecule has 1 aliphatic carbocycles. The number of aldehydes is 1. The second kappa shape index (κ2) is 6.70. The summed E-state index contributed by atoms with van der Waals surface area (Å²) in [6, 6.07) is 9.57. The summed E-state index contributed by atoms with van der Waals surface area (Å²) in [5.41, 5.74) is 4.88. The van der Waals surface area contributed by atoms with Crippen molar-refractivity contribution in [3.63, 3.8) is 0 Å². The average Bonchev–Trinajstić information content (AvgIpc) is 3.25. The summed E-state index contributed by atoms with van der Waals surface area (Å²) in [4.78, 5) is 27.9. The van der Waals surface area contributed by atoms with Gasteiger partial charge in [-0.3, -0.25) is 14.0 Å². The van der Waals surface area contributed by atoms with Crippen LogP contribution in [-0.4, -0.2) is 37.4 Å². The van der Waals surface area contributed by atoms with E-state index in [-0.39, 0.29) is 5.91 Å². The van der Waals surface area contributed by atoms with Crippen LogP contribution in [-0.2, 0) is 0 Å². The molecule has 1 N–H and O–H groups in total. The molecular formula is C22H19N5O2. The average molecular weight is 385 g/mol. The van der Waals surface area contributed by atoms with Gasteiger partial charge in [0.15, 0.2) is 12.1 Å². The van der Waals surface area contributed by atoms with Crippen molar-refractivity contribution in [3.05, 3.63) is 71.8 Å². The van der Waals surface area contributed by atoms with Crippen LogP contribution >= 0.6 is 0 Å². The first-order valence-corrected chi connectivity index (χ1v) is 9.51. The van der Waals surface area contributed by atoms with Gasteiger partial charge in [-0.15, -0.1) is 0 Å². The number of carbonyl (C=O) groups excluding carboxylic acids is 2. The number of aromatic nitrogens is 4. The standard InChI is InChI=1S/C22H19N5O2/c1-14-2-4-16(22(29)25-18-5-6-18)8-19(14)17-9-24-27(12-17)21-10-23-20-7-3-15(13-28)11-26(20)21/h2-4,7-13,18H,5-6H2,1H3,(H,25,29). The number of amides is 1. The lowest BCUT2D eigenvalue weighted by Gasteiger charge is -2.08. The van der Waals surface area contributed by atoms with Crippen LogP contribution in [0.15, 0.2) is 55.1 Å². The zero-order chi connectivity index (χ0) is 20.0. The topological polar surface area (TPSA) is 81.3 Å². The molecule has 1 aliphatic rings. The van der Waals surface area contributed by atoms with E-state index in [4.69, 9.17) is 0 Å². The number of hydrogen-bond donors (Lipinski definition) is 1. The predicted octanol–water partition coefficient (Wildman–Crippen LogP) is 3.20. The fourth-order valence-electron chi connectivity index (χ4n) is 3.38. The van der Waals surface area contributed by atoms with Gasteiger partial charge in [-0.2, -0.15) is 5.10 Å². The molecule has 0 spiro atoms. The molecule has 3 aromatic heterocycles. The maximum absolute atomic E-state index is 12.4. The summed E-state index contributed by atoms with van der Waals surface area (Å²) in [7, 11) is 0. The fourth-order valence-corrected chi connectivity index (χ4v) is 3.38. The van der Waals surface area contributed by atoms with Crippen LogP contribution in [0.3, 0.4) is 0 Å². The number of pyridine rings is 1. The summed E-state index contributed by atoms with van der Waals surface area (Å²) in [6.45, 7) is 2.01. The molecule has 7 nitrogen and oxygen atoms in total. The Morgan fingerprint density at radius 1 is 1.17 bits per heavy atom. The molecule has 1 amide bonds. The van der Waals surface area contributed by atoms with Crippen LogP contribution in [0.4, 0.5) is 0 Å². The SMILES string of the molecule is Cc1ccc(C(=O)NC2CC2)cc1-c1cnn(-c2cnc3ccc(C=O)cn23)c1. The van der Waals surface area contributed by atoms with Crippen molar-refractivity contribution in [3.8, 4) is 16.9 Å². The number of fused-ring (bicyclic) bond motifs is 1. The van der Waals surface area contributed by atoms with Gasteiger partial charge in [0.25, 0.3) is 5.91 Å². The largest absolute Gasteiger partial charge is 0.349 e. The molecule has 7 heteroatoms. The molecule has 3 heterocycles. The molecule has 1 aromatic carbocycles. The van der Waals surface area contributed by atoms with Crippen molar-refractivity contribution >= 4 is 17.8 Å². The van der Waals surface area contributed by atoms with Gasteiger partial charge in [-0.1, -0.05) is 6.07 Å². The normalized spacial score (nSPS) is 13.6. The van der Waals surface area contributed by atoms with Crippen molar-refractivity contribution in [2.24, 2.45) is 0 Å². The van der Waals surface area contributed by atoms with E-state index in [1.807, 2.05) is 35.7 Å². The maximum Gasteiger partial charge on any atom is 0.251 e. The molecule has 0 atom stereocenters. The first-order valence-electron chi connectivity index (χ1n) is 9.51. The van der Waals surface area contributed by atoms with E-state index in [0.29, 0.717) is 17.2 Å². The van der Waals surface area contributed by atoms with Gasteiger partial charge in [0.1, 0.15) is 5.65 Å². The quantitative estimate of drug-likeness (QED) is 0.535. The first kappa shape index (κ1) is 17.4. The van der Waals surface area contributed by atoms with E-state index in [0.717, 1.165) is 47.3 Å². The second-order valence-electron chi connectivity index (χ2n) is 7.38. The highest BCUT2D eigenvalue weighted by Crippen LogP contribution is 2.26. The van der Waals surface area contributed by atoms with Gasteiger partial charge in [0.05, 0.1) is 12.4 Å². The van der Waals surface area contributed by atoms with Gasteiger partial charge in [-0.25, -0.2) is 9.67 Å². The van der Waals surface area contributed by atoms with Crippen LogP contribution in [0.1, 0.15) is 39.1 Å². The first-order chi connectivity index (χ1) is 14.1. The molecular weight excluding hydrogens is 366 g/mol. The highest BCUT2D eigenvalue weighted by atomic mass is 16.1. The Morgan fingerprint density at radius 3 is 2.83 bits per heavy atom. The number of aryl methyl sites for hydroxylation is 1. The summed E-state index contributed by atoms with van der Waals surface area (Å²) in [5, 5.41) is 7.51. The van der Waals surface area contributed by atoms with E-state index in [2.05, 4.69) is 15.4 Å². The number of rotatable bonds is 5.